The van der Waals surface area contributed by atoms with Gasteiger partial charge in [0.05, 0.1) is 38.8 Å². The Morgan fingerprint density at radius 1 is 1.23 bits per heavy atom. The van der Waals surface area contributed by atoms with E-state index in [1.165, 1.54) is 27.3 Å². The monoisotopic (exact) mass is 570 g/mol. The average molecular weight is 571 g/mol. The summed E-state index contributed by atoms with van der Waals surface area (Å²) in [4.78, 5) is 24.8. The van der Waals surface area contributed by atoms with E-state index in [1.807, 2.05) is 30.3 Å². The average Bonchev–Trinajstić information content (AvgIpc) is 3.50. The molecule has 1 unspecified atom stereocenters. The Morgan fingerprint density at radius 3 is 2.80 bits per heavy atom. The van der Waals surface area contributed by atoms with Crippen LogP contribution in [-0.4, -0.2) is 68.2 Å². The number of fused-ring (bicyclic) bond motifs is 2. The first-order chi connectivity index (χ1) is 19.1. The minimum absolute atomic E-state index is 0.181. The van der Waals surface area contributed by atoms with E-state index in [0.29, 0.717) is 16.9 Å². The first-order valence-electron chi connectivity index (χ1n) is 12.6. The number of hydrogen-bond acceptors (Lipinski definition) is 11. The number of carbonyl (C=O) groups is 1. The molecule has 1 saturated heterocycles. The van der Waals surface area contributed by atoms with Gasteiger partial charge in [0.1, 0.15) is 29.2 Å². The summed E-state index contributed by atoms with van der Waals surface area (Å²) in [6.45, 7) is 3.10. The molecule has 4 atom stereocenters. The van der Waals surface area contributed by atoms with Crippen molar-refractivity contribution in [2.75, 3.05) is 19.5 Å². The lowest BCUT2D eigenvalue weighted by atomic mass is 10.1. The number of aromatic nitrogens is 4. The van der Waals surface area contributed by atoms with Crippen LogP contribution in [0, 0.1) is 0 Å². The molecule has 0 radical (unpaired) electrons. The lowest BCUT2D eigenvalue weighted by Gasteiger charge is -2.29. The maximum Gasteiger partial charge on any atom is 0.459 e. The van der Waals surface area contributed by atoms with Crippen LogP contribution in [-0.2, 0) is 29.9 Å². The van der Waals surface area contributed by atoms with Crippen molar-refractivity contribution in [3.05, 3.63) is 55.1 Å². The Hall–Kier alpha value is -3.61. The summed E-state index contributed by atoms with van der Waals surface area (Å²) in [5, 5.41) is 15.0. The predicted molar refractivity (Wildman–Crippen MR) is 146 cm³/mol. The zero-order valence-electron chi connectivity index (χ0n) is 22.3. The Bertz CT molecular complexity index is 1570. The van der Waals surface area contributed by atoms with Crippen LogP contribution in [0.25, 0.3) is 21.9 Å². The molecule has 4 aromatic rings. The number of nitrogens with two attached hydrogens (primary N) is 1. The molecule has 0 spiro atoms. The van der Waals surface area contributed by atoms with Gasteiger partial charge in [-0.3, -0.25) is 9.32 Å². The molecule has 0 amide bonds. The number of ether oxygens (including phenoxy) is 2. The first-order valence-corrected chi connectivity index (χ1v) is 14.2. The minimum Gasteiger partial charge on any atom is -0.468 e. The number of aliphatic hydroxyl groups excluding tert-OH is 1. The molecular formula is C26H31N6O7P. The van der Waals surface area contributed by atoms with Crippen LogP contribution >= 0.6 is 7.75 Å². The van der Waals surface area contributed by atoms with E-state index >= 15 is 0 Å². The van der Waals surface area contributed by atoms with Gasteiger partial charge in [0.25, 0.3) is 0 Å². The molecule has 0 saturated carbocycles. The first kappa shape index (κ1) is 27.9. The quantitative estimate of drug-likeness (QED) is 0.188. The zero-order valence-corrected chi connectivity index (χ0v) is 23.2. The minimum atomic E-state index is -4.18. The van der Waals surface area contributed by atoms with Gasteiger partial charge in [-0.25, -0.2) is 19.5 Å². The highest BCUT2D eigenvalue weighted by Gasteiger charge is 2.42. The topological polar surface area (TPSA) is 173 Å². The van der Waals surface area contributed by atoms with Crippen molar-refractivity contribution in [3.8, 4) is 5.75 Å². The standard InChI is InChI=1S/C26H31N6O7P/c1-26(2,25(34)36-3)31-40(35,39-20-10-6-8-16-7-4-5-9-18(16)20)37-13-17-11-19(33)21(38-17)12-32-15-30-22-23(27)28-14-29-24(22)32/h4-10,14-15,17,19,21,33H,11-13H2,1-3H3,(H,31,35)(H2,27,28,29)/t17-,19-,21-,40?/m0/s1. The van der Waals surface area contributed by atoms with Gasteiger partial charge < -0.3 is 29.4 Å². The van der Waals surface area contributed by atoms with Gasteiger partial charge in [-0.1, -0.05) is 36.4 Å². The second kappa shape index (κ2) is 11.1. The zero-order chi connectivity index (χ0) is 28.5. The number of nitrogens with one attached hydrogen (secondary N) is 1. The highest BCUT2D eigenvalue weighted by Crippen LogP contribution is 2.48. The number of aliphatic hydroxyl groups is 1. The second-order valence-corrected chi connectivity index (χ2v) is 11.7. The van der Waals surface area contributed by atoms with E-state index in [4.69, 9.17) is 24.3 Å². The Kier molecular flexibility index (Phi) is 7.76. The number of anilines is 1. The third-order valence-electron chi connectivity index (χ3n) is 6.62. The molecule has 5 rings (SSSR count). The summed E-state index contributed by atoms with van der Waals surface area (Å²) >= 11 is 0. The van der Waals surface area contributed by atoms with Gasteiger partial charge in [0.2, 0.25) is 0 Å². The fourth-order valence-corrected chi connectivity index (χ4v) is 6.34. The molecule has 4 N–H and O–H groups in total. The number of benzene rings is 2. The molecule has 1 aliphatic rings. The Labute approximate surface area is 230 Å². The van der Waals surface area contributed by atoms with Crippen LogP contribution in [0.4, 0.5) is 5.82 Å². The number of carbonyl (C=O) groups excluding carboxylic acids is 1. The summed E-state index contributed by atoms with van der Waals surface area (Å²) in [7, 11) is -2.94. The highest BCUT2D eigenvalue weighted by atomic mass is 31.2. The Morgan fingerprint density at radius 2 is 2.00 bits per heavy atom. The summed E-state index contributed by atoms with van der Waals surface area (Å²) in [6, 6.07) is 12.8. The molecular weight excluding hydrogens is 539 g/mol. The fraction of sp³-hybridized carbons (Fsp3) is 0.385. The number of rotatable bonds is 10. The van der Waals surface area contributed by atoms with Gasteiger partial charge in [0, 0.05) is 11.8 Å². The molecule has 14 heteroatoms. The van der Waals surface area contributed by atoms with Crippen molar-refractivity contribution in [2.45, 2.75) is 50.7 Å². The lowest BCUT2D eigenvalue weighted by Crippen LogP contribution is -2.46. The fourth-order valence-electron chi connectivity index (χ4n) is 4.62. The third-order valence-corrected chi connectivity index (χ3v) is 8.38. The number of hydrogen-bond donors (Lipinski definition) is 3. The van der Waals surface area contributed by atoms with Gasteiger partial charge in [-0.05, 0) is 25.3 Å². The van der Waals surface area contributed by atoms with E-state index in [-0.39, 0.29) is 25.4 Å². The maximum absolute atomic E-state index is 14.1. The number of nitrogens with zero attached hydrogens (tertiary/aromatic N) is 4. The van der Waals surface area contributed by atoms with Crippen molar-refractivity contribution in [1.82, 2.24) is 24.6 Å². The molecule has 2 aromatic carbocycles. The van der Waals surface area contributed by atoms with E-state index in [9.17, 15) is 14.5 Å². The van der Waals surface area contributed by atoms with Crippen molar-refractivity contribution < 1.29 is 33.0 Å². The molecule has 0 aliphatic carbocycles. The van der Waals surface area contributed by atoms with Crippen LogP contribution in [0.2, 0.25) is 0 Å². The largest absolute Gasteiger partial charge is 0.468 e. The molecule has 2 aromatic heterocycles. The van der Waals surface area contributed by atoms with Gasteiger partial charge in [0.15, 0.2) is 11.5 Å². The van der Waals surface area contributed by atoms with Crippen molar-refractivity contribution in [3.63, 3.8) is 0 Å². The van der Waals surface area contributed by atoms with E-state index in [1.54, 1.807) is 23.0 Å². The van der Waals surface area contributed by atoms with Crippen LogP contribution in [0.5, 0.6) is 5.75 Å². The Balaban J connectivity index is 1.32. The SMILES string of the molecule is COC(=O)C(C)(C)NP(=O)(OC[C@@H]1C[C@H](O)[C@H](Cn2cnc3c(N)ncnc32)O1)Oc1cccc2ccccc12. The van der Waals surface area contributed by atoms with Crippen LogP contribution in [0.1, 0.15) is 20.3 Å². The van der Waals surface area contributed by atoms with E-state index in [0.717, 1.165) is 10.8 Å². The lowest BCUT2D eigenvalue weighted by molar-refractivity contribution is -0.146. The number of imidazole rings is 1. The van der Waals surface area contributed by atoms with Crippen molar-refractivity contribution >= 4 is 41.5 Å². The maximum atomic E-state index is 14.1. The summed E-state index contributed by atoms with van der Waals surface area (Å²) in [5.74, 6) is -0.0807. The normalized spacial score (nSPS) is 20.9. The summed E-state index contributed by atoms with van der Waals surface area (Å²) in [5.41, 5.74) is 5.44. The van der Waals surface area contributed by atoms with Gasteiger partial charge >= 0.3 is 13.7 Å². The van der Waals surface area contributed by atoms with Crippen molar-refractivity contribution in [2.24, 2.45) is 0 Å². The molecule has 1 aliphatic heterocycles. The van der Waals surface area contributed by atoms with E-state index < -0.39 is 37.6 Å². The molecule has 212 valence electrons. The summed E-state index contributed by atoms with van der Waals surface area (Å²) in [6.07, 6.45) is 1.07. The number of esters is 1. The molecule has 1 fully saturated rings. The van der Waals surface area contributed by atoms with E-state index in [2.05, 4.69) is 20.0 Å². The third kappa shape index (κ3) is 5.79. The van der Waals surface area contributed by atoms with Crippen LogP contribution in [0.15, 0.2) is 55.1 Å². The number of methoxy groups -OCH3 is 1. The molecule has 0 bridgehead atoms. The number of nitrogen functional groups attached to an aromatic ring is 1. The second-order valence-electron chi connectivity index (χ2n) is 10.0. The van der Waals surface area contributed by atoms with Crippen LogP contribution in [0.3, 0.4) is 0 Å². The van der Waals surface area contributed by atoms with Crippen LogP contribution < -0.4 is 15.3 Å². The predicted octanol–water partition coefficient (Wildman–Crippen LogP) is 2.83. The van der Waals surface area contributed by atoms with Crippen molar-refractivity contribution in [1.29, 1.82) is 0 Å². The van der Waals surface area contributed by atoms with Gasteiger partial charge in [-0.15, -0.1) is 0 Å². The summed E-state index contributed by atoms with van der Waals surface area (Å²) < 4.78 is 38.5. The smallest absolute Gasteiger partial charge is 0.459 e. The van der Waals surface area contributed by atoms with Gasteiger partial charge in [-0.2, -0.15) is 5.09 Å². The molecule has 13 nitrogen and oxygen atoms in total. The molecule has 40 heavy (non-hydrogen) atoms. The highest BCUT2D eigenvalue weighted by molar-refractivity contribution is 7.52. The molecule has 3 heterocycles.